The average molecular weight is 426 g/mol. The fraction of sp³-hybridized carbons (Fsp3) is 0.304. The van der Waals surface area contributed by atoms with Gasteiger partial charge in [-0.25, -0.2) is 4.79 Å². The maximum atomic E-state index is 12.0. The second kappa shape index (κ2) is 12.1. The summed E-state index contributed by atoms with van der Waals surface area (Å²) in [5, 5.41) is 5.37. The van der Waals surface area contributed by atoms with Crippen LogP contribution < -0.4 is 10.6 Å². The van der Waals surface area contributed by atoms with Crippen LogP contribution >= 0.6 is 0 Å². The van der Waals surface area contributed by atoms with Crippen molar-refractivity contribution in [1.82, 2.24) is 0 Å². The highest BCUT2D eigenvalue weighted by molar-refractivity contribution is 5.94. The van der Waals surface area contributed by atoms with Crippen molar-refractivity contribution in [3.63, 3.8) is 0 Å². The number of para-hydroxylation sites is 1. The molecule has 2 aromatic rings. The van der Waals surface area contributed by atoms with Crippen LogP contribution in [0.15, 0.2) is 48.5 Å². The minimum Gasteiger partial charge on any atom is -0.462 e. The van der Waals surface area contributed by atoms with Gasteiger partial charge in [0.1, 0.15) is 0 Å². The summed E-state index contributed by atoms with van der Waals surface area (Å²) < 4.78 is 9.84. The summed E-state index contributed by atoms with van der Waals surface area (Å²) in [4.78, 5) is 47.3. The first-order valence-electron chi connectivity index (χ1n) is 9.97. The minimum atomic E-state index is -0.550. The molecule has 2 aromatic carbocycles. The highest BCUT2D eigenvalue weighted by Gasteiger charge is 2.11. The van der Waals surface area contributed by atoms with Gasteiger partial charge in [0.2, 0.25) is 5.91 Å². The number of hydrogen-bond donors (Lipinski definition) is 2. The Balaban J connectivity index is 1.65. The average Bonchev–Trinajstić information content (AvgIpc) is 2.74. The van der Waals surface area contributed by atoms with Crippen molar-refractivity contribution in [3.8, 4) is 0 Å². The Labute approximate surface area is 180 Å². The summed E-state index contributed by atoms with van der Waals surface area (Å²) in [7, 11) is 0. The van der Waals surface area contributed by atoms with E-state index in [9.17, 15) is 19.2 Å². The monoisotopic (exact) mass is 426 g/mol. The van der Waals surface area contributed by atoms with Gasteiger partial charge in [0.05, 0.1) is 12.2 Å². The van der Waals surface area contributed by atoms with Crippen LogP contribution in [0.4, 0.5) is 11.4 Å². The molecule has 0 aliphatic carbocycles. The van der Waals surface area contributed by atoms with Crippen LogP contribution in [0.1, 0.15) is 42.1 Å². The predicted molar refractivity (Wildman–Crippen MR) is 116 cm³/mol. The third kappa shape index (κ3) is 8.30. The molecule has 2 amide bonds. The Morgan fingerprint density at radius 1 is 0.839 bits per heavy atom. The molecule has 2 N–H and O–H groups in total. The van der Waals surface area contributed by atoms with Crippen molar-refractivity contribution in [2.24, 2.45) is 0 Å². The zero-order valence-electron chi connectivity index (χ0n) is 17.6. The smallest absolute Gasteiger partial charge is 0.338 e. The van der Waals surface area contributed by atoms with E-state index in [1.165, 1.54) is 0 Å². The molecule has 0 spiro atoms. The normalized spacial score (nSPS) is 10.1. The van der Waals surface area contributed by atoms with Gasteiger partial charge in [-0.3, -0.25) is 14.4 Å². The highest BCUT2D eigenvalue weighted by Crippen LogP contribution is 2.13. The van der Waals surface area contributed by atoms with Gasteiger partial charge in [-0.1, -0.05) is 18.2 Å². The summed E-state index contributed by atoms with van der Waals surface area (Å²) in [5.74, 6) is -1.67. The third-order valence-corrected chi connectivity index (χ3v) is 4.25. The second-order valence-electron chi connectivity index (χ2n) is 6.72. The molecule has 0 radical (unpaired) electrons. The molecule has 8 heteroatoms. The third-order valence-electron chi connectivity index (χ3n) is 4.25. The lowest BCUT2D eigenvalue weighted by atomic mass is 10.2. The van der Waals surface area contributed by atoms with E-state index < -0.39 is 17.8 Å². The number of carbonyl (C=O) groups is 4. The molecular weight excluding hydrogens is 400 g/mol. The zero-order valence-corrected chi connectivity index (χ0v) is 17.6. The summed E-state index contributed by atoms with van der Waals surface area (Å²) >= 11 is 0. The Morgan fingerprint density at radius 3 is 2.23 bits per heavy atom. The molecule has 0 saturated heterocycles. The van der Waals surface area contributed by atoms with Crippen molar-refractivity contribution in [3.05, 3.63) is 59.7 Å². The Kier molecular flexibility index (Phi) is 9.22. The van der Waals surface area contributed by atoms with Crippen LogP contribution in [0.3, 0.4) is 0 Å². The predicted octanol–water partition coefficient (Wildman–Crippen LogP) is 3.46. The van der Waals surface area contributed by atoms with Crippen LogP contribution in [0, 0.1) is 6.92 Å². The lowest BCUT2D eigenvalue weighted by Crippen LogP contribution is -2.21. The SMILES string of the molecule is CCOC(=O)c1ccc(NC(=O)CCCC(=O)OCC(=O)Nc2ccccc2C)cc1. The Bertz CT molecular complexity index is 924. The fourth-order valence-electron chi connectivity index (χ4n) is 2.64. The molecule has 0 unspecified atom stereocenters. The topological polar surface area (TPSA) is 111 Å². The molecule has 0 saturated carbocycles. The molecule has 0 aliphatic heterocycles. The van der Waals surface area contributed by atoms with Crippen LogP contribution in [0.2, 0.25) is 0 Å². The summed E-state index contributed by atoms with van der Waals surface area (Å²) in [6, 6.07) is 13.6. The molecule has 0 atom stereocenters. The molecule has 0 bridgehead atoms. The minimum absolute atomic E-state index is 0.0207. The standard InChI is InChI=1S/C23H26N2O6/c1-3-30-23(29)17-11-13-18(14-12-17)24-20(26)9-6-10-22(28)31-15-21(27)25-19-8-5-4-7-16(19)2/h4-5,7-8,11-14H,3,6,9-10,15H2,1-2H3,(H,24,26)(H,25,27). The molecule has 2 rings (SSSR count). The second-order valence-corrected chi connectivity index (χ2v) is 6.72. The molecule has 0 fully saturated rings. The van der Waals surface area contributed by atoms with Gasteiger partial charge in [-0.2, -0.15) is 0 Å². The number of anilines is 2. The van der Waals surface area contributed by atoms with E-state index in [1.54, 1.807) is 43.3 Å². The lowest BCUT2D eigenvalue weighted by molar-refractivity contribution is -0.147. The fourth-order valence-corrected chi connectivity index (χ4v) is 2.64. The maximum absolute atomic E-state index is 12.0. The van der Waals surface area contributed by atoms with Crippen LogP contribution in [-0.2, 0) is 23.9 Å². The van der Waals surface area contributed by atoms with Gasteiger partial charge in [-0.05, 0) is 56.2 Å². The number of amides is 2. The highest BCUT2D eigenvalue weighted by atomic mass is 16.5. The van der Waals surface area contributed by atoms with Gasteiger partial charge in [-0.15, -0.1) is 0 Å². The Morgan fingerprint density at radius 2 is 1.55 bits per heavy atom. The quantitative estimate of drug-likeness (QED) is 0.563. The number of benzene rings is 2. The van der Waals surface area contributed by atoms with E-state index in [-0.39, 0.29) is 38.4 Å². The molecule has 0 aromatic heterocycles. The molecular formula is C23H26N2O6. The van der Waals surface area contributed by atoms with E-state index >= 15 is 0 Å². The molecule has 8 nitrogen and oxygen atoms in total. The number of aryl methyl sites for hydroxylation is 1. The maximum Gasteiger partial charge on any atom is 0.338 e. The summed E-state index contributed by atoms with van der Waals surface area (Å²) in [6.07, 6.45) is 0.419. The van der Waals surface area contributed by atoms with Crippen molar-refractivity contribution in [2.45, 2.75) is 33.1 Å². The molecule has 0 aliphatic rings. The van der Waals surface area contributed by atoms with E-state index in [0.29, 0.717) is 16.9 Å². The number of hydrogen-bond acceptors (Lipinski definition) is 6. The van der Waals surface area contributed by atoms with Crippen LogP contribution in [0.25, 0.3) is 0 Å². The first-order valence-corrected chi connectivity index (χ1v) is 9.97. The number of rotatable bonds is 10. The molecule has 31 heavy (non-hydrogen) atoms. The number of carbonyl (C=O) groups excluding carboxylic acids is 4. The Hall–Kier alpha value is -3.68. The number of esters is 2. The molecule has 0 heterocycles. The van der Waals surface area contributed by atoms with Gasteiger partial charge in [0.15, 0.2) is 6.61 Å². The largest absolute Gasteiger partial charge is 0.462 e. The molecule has 164 valence electrons. The lowest BCUT2D eigenvalue weighted by Gasteiger charge is -2.09. The first kappa shape index (κ1) is 23.6. The van der Waals surface area contributed by atoms with E-state index in [4.69, 9.17) is 9.47 Å². The van der Waals surface area contributed by atoms with Crippen molar-refractivity contribution in [2.75, 3.05) is 23.8 Å². The van der Waals surface area contributed by atoms with Crippen LogP contribution in [0.5, 0.6) is 0 Å². The zero-order chi connectivity index (χ0) is 22.6. The van der Waals surface area contributed by atoms with E-state index in [0.717, 1.165) is 5.56 Å². The van der Waals surface area contributed by atoms with Crippen molar-refractivity contribution in [1.29, 1.82) is 0 Å². The summed E-state index contributed by atoms with van der Waals surface area (Å²) in [5.41, 5.74) is 2.50. The van der Waals surface area contributed by atoms with E-state index in [2.05, 4.69) is 10.6 Å². The van der Waals surface area contributed by atoms with Crippen molar-refractivity contribution < 1.29 is 28.7 Å². The summed E-state index contributed by atoms with van der Waals surface area (Å²) in [6.45, 7) is 3.49. The van der Waals surface area contributed by atoms with Crippen molar-refractivity contribution >= 4 is 35.1 Å². The van der Waals surface area contributed by atoms with Crippen LogP contribution in [-0.4, -0.2) is 37.0 Å². The van der Waals surface area contributed by atoms with Gasteiger partial charge in [0.25, 0.3) is 5.91 Å². The van der Waals surface area contributed by atoms with E-state index in [1.807, 2.05) is 19.1 Å². The van der Waals surface area contributed by atoms with Gasteiger partial charge >= 0.3 is 11.9 Å². The first-order chi connectivity index (χ1) is 14.9. The number of nitrogens with one attached hydrogen (secondary N) is 2. The van der Waals surface area contributed by atoms with Gasteiger partial charge < -0.3 is 20.1 Å². The number of ether oxygens (including phenoxy) is 2. The van der Waals surface area contributed by atoms with Gasteiger partial charge in [0, 0.05) is 24.2 Å².